The van der Waals surface area contributed by atoms with Gasteiger partial charge in [0.05, 0.1) is 13.2 Å². The summed E-state index contributed by atoms with van der Waals surface area (Å²) in [4.78, 5) is 8.79. The molecule has 0 N–H and O–H groups in total. The van der Waals surface area contributed by atoms with E-state index in [0.717, 1.165) is 42.8 Å². The van der Waals surface area contributed by atoms with Gasteiger partial charge in [-0.05, 0) is 31.9 Å². The molecule has 5 heteroatoms. The fourth-order valence-corrected chi connectivity index (χ4v) is 2.42. The molecule has 0 saturated carbocycles. The van der Waals surface area contributed by atoms with Crippen molar-refractivity contribution < 1.29 is 4.74 Å². The number of aryl methyl sites for hydroxylation is 2. The molecule has 0 bridgehead atoms. The smallest absolute Gasteiger partial charge is 0.203 e. The van der Waals surface area contributed by atoms with Crippen LogP contribution in [0, 0.1) is 13.8 Å². The molecule has 0 spiro atoms. The molecule has 0 radical (unpaired) electrons. The lowest BCUT2D eigenvalue weighted by molar-refractivity contribution is 0.0772. The second-order valence-electron chi connectivity index (χ2n) is 3.57. The Labute approximate surface area is 94.2 Å². The van der Waals surface area contributed by atoms with Crippen LogP contribution >= 0.6 is 11.9 Å². The first-order chi connectivity index (χ1) is 7.24. The molecule has 1 fully saturated rings. The van der Waals surface area contributed by atoms with E-state index in [1.54, 1.807) is 11.9 Å². The van der Waals surface area contributed by atoms with Gasteiger partial charge in [0, 0.05) is 24.5 Å². The van der Waals surface area contributed by atoms with E-state index in [9.17, 15) is 0 Å². The number of rotatable bonds is 2. The predicted molar refractivity (Wildman–Crippen MR) is 59.8 cm³/mol. The van der Waals surface area contributed by atoms with E-state index in [2.05, 4.69) is 14.3 Å². The summed E-state index contributed by atoms with van der Waals surface area (Å²) in [5, 5.41) is 0.842. The summed E-state index contributed by atoms with van der Waals surface area (Å²) in [6.45, 7) is 7.49. The number of aromatic nitrogens is 2. The summed E-state index contributed by atoms with van der Waals surface area (Å²) < 4.78 is 7.54. The molecule has 2 rings (SSSR count). The molecule has 0 aliphatic carbocycles. The molecule has 15 heavy (non-hydrogen) atoms. The van der Waals surface area contributed by atoms with Crippen molar-refractivity contribution in [2.75, 3.05) is 26.3 Å². The minimum Gasteiger partial charge on any atom is -0.379 e. The summed E-state index contributed by atoms with van der Waals surface area (Å²) in [6, 6.07) is 1.99. The molecule has 0 atom stereocenters. The molecular weight excluding hydrogens is 210 g/mol. The van der Waals surface area contributed by atoms with Crippen LogP contribution in [0.3, 0.4) is 0 Å². The summed E-state index contributed by atoms with van der Waals surface area (Å²) in [5.41, 5.74) is 2.05. The van der Waals surface area contributed by atoms with Gasteiger partial charge in [-0.25, -0.2) is 14.3 Å². The molecule has 0 aromatic carbocycles. The standard InChI is InChI=1S/C10H15N3OS/c1-8-7-9(2)12-10(11-8)15-13-3-5-14-6-4-13/h7H,3-6H2,1-2H3. The second kappa shape index (κ2) is 4.92. The number of hydrogen-bond acceptors (Lipinski definition) is 5. The average molecular weight is 225 g/mol. The second-order valence-corrected chi connectivity index (χ2v) is 4.63. The number of morpholine rings is 1. The first-order valence-electron chi connectivity index (χ1n) is 5.07. The van der Waals surface area contributed by atoms with E-state index in [0.29, 0.717) is 0 Å². The summed E-state index contributed by atoms with van der Waals surface area (Å²) in [5.74, 6) is 0. The summed E-state index contributed by atoms with van der Waals surface area (Å²) >= 11 is 1.62. The Balaban J connectivity index is 2.02. The SMILES string of the molecule is Cc1cc(C)nc(SN2CCOCC2)n1. The lowest BCUT2D eigenvalue weighted by Crippen LogP contribution is -2.31. The Hall–Kier alpha value is -0.650. The van der Waals surface area contributed by atoms with Crippen LogP contribution in [0.4, 0.5) is 0 Å². The highest BCUT2D eigenvalue weighted by atomic mass is 32.2. The summed E-state index contributed by atoms with van der Waals surface area (Å²) in [6.07, 6.45) is 0. The topological polar surface area (TPSA) is 38.2 Å². The Morgan fingerprint density at radius 1 is 1.20 bits per heavy atom. The van der Waals surface area contributed by atoms with E-state index in [-0.39, 0.29) is 0 Å². The fourth-order valence-electron chi connectivity index (χ4n) is 1.49. The third-order valence-electron chi connectivity index (χ3n) is 2.14. The van der Waals surface area contributed by atoms with Crippen molar-refractivity contribution in [3.63, 3.8) is 0 Å². The van der Waals surface area contributed by atoms with Crippen LogP contribution in [-0.2, 0) is 4.74 Å². The van der Waals surface area contributed by atoms with Crippen molar-refractivity contribution in [2.45, 2.75) is 19.0 Å². The van der Waals surface area contributed by atoms with E-state index >= 15 is 0 Å². The van der Waals surface area contributed by atoms with E-state index in [1.165, 1.54) is 0 Å². The lowest BCUT2D eigenvalue weighted by atomic mass is 10.4. The lowest BCUT2D eigenvalue weighted by Gasteiger charge is -2.24. The van der Waals surface area contributed by atoms with E-state index in [4.69, 9.17) is 4.74 Å². The maximum Gasteiger partial charge on any atom is 0.203 e. The molecule has 0 amide bonds. The third kappa shape index (κ3) is 3.15. The highest BCUT2D eigenvalue weighted by molar-refractivity contribution is 7.96. The largest absolute Gasteiger partial charge is 0.379 e. The van der Waals surface area contributed by atoms with E-state index in [1.807, 2.05) is 19.9 Å². The fraction of sp³-hybridized carbons (Fsp3) is 0.600. The maximum absolute atomic E-state index is 5.29. The number of ether oxygens (including phenoxy) is 1. The van der Waals surface area contributed by atoms with Gasteiger partial charge in [-0.3, -0.25) is 0 Å². The van der Waals surface area contributed by atoms with Gasteiger partial charge in [0.25, 0.3) is 0 Å². The highest BCUT2D eigenvalue weighted by Crippen LogP contribution is 2.20. The highest BCUT2D eigenvalue weighted by Gasteiger charge is 2.13. The van der Waals surface area contributed by atoms with Crippen molar-refractivity contribution in [1.29, 1.82) is 0 Å². The van der Waals surface area contributed by atoms with Crippen molar-refractivity contribution >= 4 is 11.9 Å². The quantitative estimate of drug-likeness (QED) is 0.562. The molecular formula is C10H15N3OS. The molecule has 1 saturated heterocycles. The van der Waals surface area contributed by atoms with Crippen LogP contribution in [0.2, 0.25) is 0 Å². The molecule has 1 aliphatic rings. The van der Waals surface area contributed by atoms with Gasteiger partial charge in [-0.15, -0.1) is 0 Å². The first-order valence-corrected chi connectivity index (χ1v) is 5.84. The third-order valence-corrected chi connectivity index (χ3v) is 3.11. The van der Waals surface area contributed by atoms with Gasteiger partial charge in [-0.1, -0.05) is 0 Å². The predicted octanol–water partition coefficient (Wildman–Crippen LogP) is 1.43. The van der Waals surface area contributed by atoms with Gasteiger partial charge in [0.1, 0.15) is 0 Å². The van der Waals surface area contributed by atoms with Gasteiger partial charge in [0.15, 0.2) is 0 Å². The molecule has 2 heterocycles. The van der Waals surface area contributed by atoms with Crippen molar-refractivity contribution in [1.82, 2.24) is 14.3 Å². The van der Waals surface area contributed by atoms with Gasteiger partial charge in [0.2, 0.25) is 5.16 Å². The van der Waals surface area contributed by atoms with Gasteiger partial charge >= 0.3 is 0 Å². The Morgan fingerprint density at radius 3 is 2.40 bits per heavy atom. The van der Waals surface area contributed by atoms with Crippen LogP contribution in [-0.4, -0.2) is 40.6 Å². The number of hydrogen-bond donors (Lipinski definition) is 0. The van der Waals surface area contributed by atoms with Crippen LogP contribution in [0.1, 0.15) is 11.4 Å². The Morgan fingerprint density at radius 2 is 1.80 bits per heavy atom. The Kier molecular flexibility index (Phi) is 3.56. The molecule has 4 nitrogen and oxygen atoms in total. The average Bonchev–Trinajstić information content (AvgIpc) is 2.17. The van der Waals surface area contributed by atoms with Gasteiger partial charge < -0.3 is 4.74 Å². The zero-order valence-electron chi connectivity index (χ0n) is 9.06. The van der Waals surface area contributed by atoms with Crippen LogP contribution in [0.15, 0.2) is 11.2 Å². The minimum absolute atomic E-state index is 0.803. The minimum atomic E-state index is 0.803. The number of nitrogens with zero attached hydrogens (tertiary/aromatic N) is 3. The van der Waals surface area contributed by atoms with Crippen molar-refractivity contribution in [2.24, 2.45) is 0 Å². The summed E-state index contributed by atoms with van der Waals surface area (Å²) in [7, 11) is 0. The molecule has 82 valence electrons. The molecule has 1 aromatic heterocycles. The van der Waals surface area contributed by atoms with Crippen LogP contribution in [0.25, 0.3) is 0 Å². The first kappa shape index (κ1) is 10.9. The maximum atomic E-state index is 5.29. The zero-order valence-corrected chi connectivity index (χ0v) is 9.88. The monoisotopic (exact) mass is 225 g/mol. The zero-order chi connectivity index (χ0) is 10.7. The van der Waals surface area contributed by atoms with Crippen LogP contribution < -0.4 is 0 Å². The van der Waals surface area contributed by atoms with Crippen LogP contribution in [0.5, 0.6) is 0 Å². The molecule has 0 unspecified atom stereocenters. The molecule has 1 aromatic rings. The van der Waals surface area contributed by atoms with Gasteiger partial charge in [-0.2, -0.15) is 0 Å². The molecule has 1 aliphatic heterocycles. The van der Waals surface area contributed by atoms with Crippen molar-refractivity contribution in [3.8, 4) is 0 Å². The van der Waals surface area contributed by atoms with Crippen molar-refractivity contribution in [3.05, 3.63) is 17.5 Å². The van der Waals surface area contributed by atoms with E-state index < -0.39 is 0 Å². The Bertz CT molecular complexity index is 319. The normalized spacial score (nSPS) is 18.0.